The number of aromatic nitrogens is 2. The first kappa shape index (κ1) is 14.0. The summed E-state index contributed by atoms with van der Waals surface area (Å²) < 4.78 is 1.97. The second-order valence-electron chi connectivity index (χ2n) is 4.97. The normalized spacial score (nSPS) is 12.8. The van der Waals surface area contributed by atoms with Crippen molar-refractivity contribution in [2.24, 2.45) is 12.8 Å². The van der Waals surface area contributed by atoms with Crippen molar-refractivity contribution in [3.63, 3.8) is 0 Å². The van der Waals surface area contributed by atoms with Gasteiger partial charge in [0.25, 0.3) is 0 Å². The third kappa shape index (κ3) is 3.46. The Bertz CT molecular complexity index is 355. The number of anilines is 1. The lowest BCUT2D eigenvalue weighted by Crippen LogP contribution is -2.24. The van der Waals surface area contributed by atoms with E-state index in [0.717, 1.165) is 18.7 Å². The van der Waals surface area contributed by atoms with Crippen molar-refractivity contribution >= 4 is 5.82 Å². The molecule has 2 N–H and O–H groups in total. The number of nitrogens with two attached hydrogens (primary N) is 1. The van der Waals surface area contributed by atoms with Gasteiger partial charge in [-0.1, -0.05) is 13.3 Å². The van der Waals surface area contributed by atoms with Crippen LogP contribution < -0.4 is 10.6 Å². The average molecular weight is 238 g/mol. The van der Waals surface area contributed by atoms with Gasteiger partial charge < -0.3 is 10.6 Å². The Kier molecular flexibility index (Phi) is 5.00. The summed E-state index contributed by atoms with van der Waals surface area (Å²) >= 11 is 0. The van der Waals surface area contributed by atoms with Crippen molar-refractivity contribution in [3.05, 3.63) is 11.3 Å². The van der Waals surface area contributed by atoms with Gasteiger partial charge in [0.2, 0.25) is 0 Å². The van der Waals surface area contributed by atoms with Gasteiger partial charge in [0.15, 0.2) is 0 Å². The van der Waals surface area contributed by atoms with Gasteiger partial charge in [-0.15, -0.1) is 0 Å². The maximum Gasteiger partial charge on any atom is 0.129 e. The van der Waals surface area contributed by atoms with Crippen LogP contribution in [-0.2, 0) is 13.5 Å². The highest BCUT2D eigenvalue weighted by atomic mass is 15.4. The molecular weight excluding hydrogens is 212 g/mol. The lowest BCUT2D eigenvalue weighted by atomic mass is 10.1. The molecule has 0 aliphatic rings. The first-order valence-electron chi connectivity index (χ1n) is 6.46. The molecule has 4 heteroatoms. The SMILES string of the molecule is CCCCN(C)c1c(CC(C)N)c(C)nn1C. The number of aryl methyl sites for hydroxylation is 2. The van der Waals surface area contributed by atoms with Crippen LogP contribution in [0.15, 0.2) is 0 Å². The van der Waals surface area contributed by atoms with Gasteiger partial charge in [-0.2, -0.15) is 5.10 Å². The Labute approximate surface area is 105 Å². The standard InChI is InChI=1S/C13H26N4/c1-6-7-8-16(4)13-12(9-10(2)14)11(3)15-17(13)5/h10H,6-9,14H2,1-5H3. The third-order valence-corrected chi connectivity index (χ3v) is 3.05. The fourth-order valence-electron chi connectivity index (χ4n) is 2.23. The van der Waals surface area contributed by atoms with Crippen LogP contribution in [-0.4, -0.2) is 29.4 Å². The molecule has 0 spiro atoms. The molecule has 0 saturated carbocycles. The summed E-state index contributed by atoms with van der Waals surface area (Å²) in [7, 11) is 4.15. The summed E-state index contributed by atoms with van der Waals surface area (Å²) in [6.45, 7) is 7.39. The Balaban J connectivity index is 2.95. The molecule has 0 aliphatic carbocycles. The minimum Gasteiger partial charge on any atom is -0.360 e. The fourth-order valence-corrected chi connectivity index (χ4v) is 2.23. The summed E-state index contributed by atoms with van der Waals surface area (Å²) in [6.07, 6.45) is 3.31. The van der Waals surface area contributed by atoms with Crippen LogP contribution in [0.5, 0.6) is 0 Å². The van der Waals surface area contributed by atoms with Crippen molar-refractivity contribution in [1.82, 2.24) is 9.78 Å². The zero-order chi connectivity index (χ0) is 13.0. The highest BCUT2D eigenvalue weighted by Crippen LogP contribution is 2.23. The van der Waals surface area contributed by atoms with Crippen LogP contribution in [0.25, 0.3) is 0 Å². The molecule has 0 radical (unpaired) electrons. The van der Waals surface area contributed by atoms with E-state index in [1.54, 1.807) is 0 Å². The molecule has 0 amide bonds. The molecule has 1 atom stereocenters. The summed E-state index contributed by atoms with van der Waals surface area (Å²) in [4.78, 5) is 2.29. The molecule has 17 heavy (non-hydrogen) atoms. The first-order valence-corrected chi connectivity index (χ1v) is 6.46. The third-order valence-electron chi connectivity index (χ3n) is 3.05. The summed E-state index contributed by atoms with van der Waals surface area (Å²) in [5.74, 6) is 1.22. The van der Waals surface area contributed by atoms with Crippen molar-refractivity contribution in [1.29, 1.82) is 0 Å². The van der Waals surface area contributed by atoms with Crippen molar-refractivity contribution < 1.29 is 0 Å². The summed E-state index contributed by atoms with van der Waals surface area (Å²) in [5, 5.41) is 4.51. The molecule has 98 valence electrons. The fraction of sp³-hybridized carbons (Fsp3) is 0.769. The molecule has 0 aliphatic heterocycles. The monoisotopic (exact) mass is 238 g/mol. The van der Waals surface area contributed by atoms with Gasteiger partial charge in [-0.25, -0.2) is 0 Å². The molecule has 1 unspecified atom stereocenters. The molecule has 1 aromatic heterocycles. The minimum atomic E-state index is 0.177. The molecular formula is C13H26N4. The number of hydrogen-bond acceptors (Lipinski definition) is 3. The number of hydrogen-bond donors (Lipinski definition) is 1. The van der Waals surface area contributed by atoms with Crippen molar-refractivity contribution in [2.75, 3.05) is 18.5 Å². The van der Waals surface area contributed by atoms with Gasteiger partial charge >= 0.3 is 0 Å². The average Bonchev–Trinajstić information content (AvgIpc) is 2.50. The van der Waals surface area contributed by atoms with Crippen LogP contribution in [0.3, 0.4) is 0 Å². The van der Waals surface area contributed by atoms with Gasteiger partial charge in [0.05, 0.1) is 5.69 Å². The predicted molar refractivity (Wildman–Crippen MR) is 73.5 cm³/mol. The predicted octanol–water partition coefficient (Wildman–Crippen LogP) is 1.85. The minimum absolute atomic E-state index is 0.177. The van der Waals surface area contributed by atoms with Gasteiger partial charge in [-0.05, 0) is 26.7 Å². The van der Waals surface area contributed by atoms with Gasteiger partial charge in [0, 0.05) is 32.2 Å². The lowest BCUT2D eigenvalue weighted by molar-refractivity contribution is 0.694. The van der Waals surface area contributed by atoms with Crippen LogP contribution in [0.4, 0.5) is 5.82 Å². The molecule has 1 heterocycles. The lowest BCUT2D eigenvalue weighted by Gasteiger charge is -2.21. The van der Waals surface area contributed by atoms with E-state index >= 15 is 0 Å². The molecule has 0 aromatic carbocycles. The van der Waals surface area contributed by atoms with E-state index in [2.05, 4.69) is 30.9 Å². The molecule has 0 saturated heterocycles. The highest BCUT2D eigenvalue weighted by molar-refractivity contribution is 5.49. The molecule has 0 bridgehead atoms. The highest BCUT2D eigenvalue weighted by Gasteiger charge is 2.17. The Hall–Kier alpha value is -1.03. The van der Waals surface area contributed by atoms with Crippen LogP contribution in [0, 0.1) is 6.92 Å². The molecule has 4 nitrogen and oxygen atoms in total. The van der Waals surface area contributed by atoms with Gasteiger partial charge in [-0.3, -0.25) is 4.68 Å². The Morgan fingerprint density at radius 3 is 2.65 bits per heavy atom. The Morgan fingerprint density at radius 1 is 1.47 bits per heavy atom. The molecule has 0 fully saturated rings. The van der Waals surface area contributed by atoms with E-state index in [9.17, 15) is 0 Å². The molecule has 1 rings (SSSR count). The molecule has 1 aromatic rings. The zero-order valence-electron chi connectivity index (χ0n) is 11.8. The zero-order valence-corrected chi connectivity index (χ0v) is 11.8. The maximum atomic E-state index is 5.92. The topological polar surface area (TPSA) is 47.1 Å². The van der Waals surface area contributed by atoms with E-state index in [0.29, 0.717) is 0 Å². The Morgan fingerprint density at radius 2 is 2.12 bits per heavy atom. The van der Waals surface area contributed by atoms with Crippen molar-refractivity contribution in [2.45, 2.75) is 46.1 Å². The number of rotatable bonds is 6. The van der Waals surface area contributed by atoms with Crippen molar-refractivity contribution in [3.8, 4) is 0 Å². The van der Waals surface area contributed by atoms with Crippen LogP contribution in [0.2, 0.25) is 0 Å². The second-order valence-corrected chi connectivity index (χ2v) is 4.97. The smallest absolute Gasteiger partial charge is 0.129 e. The summed E-state index contributed by atoms with van der Waals surface area (Å²) in [5.41, 5.74) is 8.31. The number of unbranched alkanes of at least 4 members (excludes halogenated alkanes) is 1. The van der Waals surface area contributed by atoms with Gasteiger partial charge in [0.1, 0.15) is 5.82 Å². The summed E-state index contributed by atoms with van der Waals surface area (Å²) in [6, 6.07) is 0.177. The largest absolute Gasteiger partial charge is 0.360 e. The van der Waals surface area contributed by atoms with E-state index in [-0.39, 0.29) is 6.04 Å². The van der Waals surface area contributed by atoms with E-state index in [1.807, 2.05) is 18.7 Å². The van der Waals surface area contributed by atoms with Crippen LogP contribution in [0.1, 0.15) is 37.9 Å². The van der Waals surface area contributed by atoms with E-state index in [4.69, 9.17) is 5.73 Å². The quantitative estimate of drug-likeness (QED) is 0.823. The van der Waals surface area contributed by atoms with E-state index in [1.165, 1.54) is 24.2 Å². The second kappa shape index (κ2) is 6.05. The van der Waals surface area contributed by atoms with Crippen LogP contribution >= 0.6 is 0 Å². The number of nitrogens with zero attached hydrogens (tertiary/aromatic N) is 3. The maximum absolute atomic E-state index is 5.92. The van der Waals surface area contributed by atoms with E-state index < -0.39 is 0 Å². The first-order chi connectivity index (χ1) is 7.97.